The van der Waals surface area contributed by atoms with Gasteiger partial charge in [-0.1, -0.05) is 285 Å². The van der Waals surface area contributed by atoms with E-state index in [1.54, 1.807) is 0 Å². The molecule has 13 aromatic rings. The smallest absolute Gasteiger partial charge is 0.151 e. The van der Waals surface area contributed by atoms with Crippen LogP contribution in [0.25, 0.3) is 0 Å². The lowest BCUT2D eigenvalue weighted by Gasteiger charge is -2.42. The molecule has 4 heterocycles. The molecular weight excluding hydrogens is 1280 g/mol. The summed E-state index contributed by atoms with van der Waals surface area (Å²) >= 11 is 1.85. The van der Waals surface area contributed by atoms with Crippen LogP contribution in [0.2, 0.25) is 0 Å². The fraction of sp³-hybridized carbons (Fsp3) is 0.196. The summed E-state index contributed by atoms with van der Waals surface area (Å²) in [6.45, 7) is 31.8. The second-order valence-electron chi connectivity index (χ2n) is 31.9. The molecule has 0 unspecified atom stereocenters. The Morgan fingerprint density at radius 3 is 0.913 bits per heavy atom. The van der Waals surface area contributed by atoms with Crippen molar-refractivity contribution in [2.45, 2.75) is 134 Å². The van der Waals surface area contributed by atoms with Gasteiger partial charge in [-0.05, 0) is 201 Å². The summed E-state index contributed by atoms with van der Waals surface area (Å²) in [6.07, 6.45) is 0. The summed E-state index contributed by atoms with van der Waals surface area (Å²) in [6, 6.07) is 115. The van der Waals surface area contributed by atoms with Gasteiger partial charge in [-0.3, -0.25) is 0 Å². The number of hydrogen-bond donors (Lipinski definition) is 0. The van der Waals surface area contributed by atoms with Crippen LogP contribution in [0.3, 0.4) is 0 Å². The van der Waals surface area contributed by atoms with Crippen molar-refractivity contribution in [1.29, 1.82) is 0 Å². The van der Waals surface area contributed by atoms with Gasteiger partial charge >= 0.3 is 0 Å². The average molecular weight is 1380 g/mol. The molecule has 0 fully saturated rings. The molecule has 7 heteroatoms. The van der Waals surface area contributed by atoms with Crippen molar-refractivity contribution in [3.8, 4) is 11.5 Å². The maximum Gasteiger partial charge on any atom is 0.151 e. The predicted molar refractivity (Wildman–Crippen MR) is 444 cm³/mol. The van der Waals surface area contributed by atoms with E-state index in [0.29, 0.717) is 0 Å². The van der Waals surface area contributed by atoms with E-state index in [1.165, 1.54) is 111 Å². The summed E-state index contributed by atoms with van der Waals surface area (Å²) in [5, 5.41) is 0. The van der Waals surface area contributed by atoms with Gasteiger partial charge in [0.05, 0.1) is 56.9 Å². The molecule has 0 radical (unpaired) electrons. The highest BCUT2D eigenvalue weighted by Gasteiger charge is 2.38. The first-order valence-electron chi connectivity index (χ1n) is 36.5. The van der Waals surface area contributed by atoms with Crippen molar-refractivity contribution in [2.24, 2.45) is 0 Å². The Bertz CT molecular complexity index is 4930. The van der Waals surface area contributed by atoms with E-state index in [9.17, 15) is 0 Å². The molecule has 0 N–H and O–H groups in total. The number of hydrogen-bond acceptors (Lipinski definition) is 7. The average Bonchev–Trinajstić information content (AvgIpc) is 0.737. The summed E-state index contributed by atoms with van der Waals surface area (Å²) in [5.74, 6) is 1.77. The largest absolute Gasteiger partial charge is 0.453 e. The normalized spacial score (nSPS) is 13.7. The quantitative estimate of drug-likeness (QED) is 0.169. The number of ether oxygens (including phenoxy) is 1. The molecule has 0 aliphatic carbocycles. The monoisotopic (exact) mass is 1380 g/mol. The Kier molecular flexibility index (Phi) is 19.1. The third-order valence-corrected chi connectivity index (χ3v) is 21.3. The Balaban J connectivity index is 0.000000117. The minimum absolute atomic E-state index is 0.00861. The van der Waals surface area contributed by atoms with Crippen molar-refractivity contribution in [2.75, 3.05) is 24.5 Å². The first-order valence-corrected chi connectivity index (χ1v) is 37.3. The van der Waals surface area contributed by atoms with Gasteiger partial charge in [-0.2, -0.15) is 0 Å². The van der Waals surface area contributed by atoms with Crippen molar-refractivity contribution < 1.29 is 4.74 Å². The Hall–Kier alpha value is -11.0. The third kappa shape index (κ3) is 14.1. The first-order chi connectivity index (χ1) is 49.9. The number of benzene rings is 13. The van der Waals surface area contributed by atoms with Gasteiger partial charge in [0, 0.05) is 43.6 Å². The van der Waals surface area contributed by atoms with Crippen LogP contribution >= 0.6 is 11.8 Å². The van der Waals surface area contributed by atoms with Crippen molar-refractivity contribution in [3.05, 3.63) is 355 Å². The Labute approximate surface area is 622 Å². The number of rotatable bonds is 5. The lowest BCUT2D eigenvalue weighted by atomic mass is 9.73. The predicted octanol–water partition coefficient (Wildman–Crippen LogP) is 28.8. The van der Waals surface area contributed by atoms with Gasteiger partial charge in [0.15, 0.2) is 11.5 Å². The minimum atomic E-state index is -0.00861. The van der Waals surface area contributed by atoms with Gasteiger partial charge in [-0.25, -0.2) is 0 Å². The molecule has 0 amide bonds. The molecular formula is C97H95N5OS. The highest BCUT2D eigenvalue weighted by atomic mass is 32.2. The zero-order chi connectivity index (χ0) is 72.7. The molecule has 6 nitrogen and oxygen atoms in total. The van der Waals surface area contributed by atoms with Crippen LogP contribution in [-0.2, 0) is 27.1 Å². The highest BCUT2D eigenvalue weighted by Crippen LogP contribution is 2.57. The van der Waals surface area contributed by atoms with E-state index in [1.807, 2.05) is 36.0 Å². The van der Waals surface area contributed by atoms with Gasteiger partial charge in [-0.15, -0.1) is 0 Å². The van der Waals surface area contributed by atoms with Crippen molar-refractivity contribution in [3.63, 3.8) is 0 Å². The number of para-hydroxylation sites is 12. The van der Waals surface area contributed by atoms with Gasteiger partial charge < -0.3 is 29.2 Å². The van der Waals surface area contributed by atoms with Crippen molar-refractivity contribution >= 4 is 97.1 Å². The van der Waals surface area contributed by atoms with E-state index in [2.05, 4.69) is 419 Å². The second-order valence-corrected chi connectivity index (χ2v) is 33.0. The van der Waals surface area contributed by atoms with Crippen LogP contribution in [0.4, 0.5) is 85.3 Å². The van der Waals surface area contributed by atoms with Crippen LogP contribution in [0, 0.1) is 0 Å². The van der Waals surface area contributed by atoms with E-state index in [-0.39, 0.29) is 27.1 Å². The maximum atomic E-state index is 6.09. The molecule has 17 rings (SSSR count). The zero-order valence-electron chi connectivity index (χ0n) is 62.7. The number of fused-ring (bicyclic) bond motifs is 8. The van der Waals surface area contributed by atoms with E-state index >= 15 is 0 Å². The number of nitrogens with zero attached hydrogens (tertiary/aromatic N) is 5. The first kappa shape index (κ1) is 70.1. The van der Waals surface area contributed by atoms with Crippen LogP contribution < -0.4 is 29.2 Å². The van der Waals surface area contributed by atoms with E-state index < -0.39 is 0 Å². The fourth-order valence-electron chi connectivity index (χ4n) is 14.4. The van der Waals surface area contributed by atoms with Crippen LogP contribution in [0.1, 0.15) is 130 Å². The molecule has 13 aromatic carbocycles. The molecule has 104 heavy (non-hydrogen) atoms. The van der Waals surface area contributed by atoms with Gasteiger partial charge in [0.2, 0.25) is 0 Å². The molecule has 0 bridgehead atoms. The second kappa shape index (κ2) is 28.3. The Morgan fingerprint density at radius 2 is 0.510 bits per heavy atom. The summed E-state index contributed by atoms with van der Waals surface area (Å²) in [4.78, 5) is 14.5. The molecule has 4 aliphatic rings. The molecule has 520 valence electrons. The van der Waals surface area contributed by atoms with Crippen LogP contribution in [0.15, 0.2) is 331 Å². The van der Waals surface area contributed by atoms with E-state index in [0.717, 1.165) is 28.6 Å². The molecule has 0 saturated heterocycles. The van der Waals surface area contributed by atoms with E-state index in [4.69, 9.17) is 4.74 Å². The zero-order valence-corrected chi connectivity index (χ0v) is 63.5. The number of anilines is 15. The maximum absolute atomic E-state index is 6.09. The minimum Gasteiger partial charge on any atom is -0.453 e. The summed E-state index contributed by atoms with van der Waals surface area (Å²) in [7, 11) is 0. The standard InChI is InChI=1S/C28H26N2.C25H27N.C22H21NO.C22H21NS/c1-28(2,3)21-18-19-26-27(20-21)30(23-14-8-5-9-15-23)25-17-11-10-16-24(25)29(26)22-12-6-4-7-13-22;1-24(2,3)18-11-10-12-19(17-18)26-22-15-8-6-13-20(22)25(4,5)21-14-7-9-16-23(21)26;2*1-22(2,3)16-9-8-10-17(15-16)23-18-11-4-6-13-20(18)24-21-14-7-5-12-19(21)23/h4-20H,1-3H3;6-17H,1-5H3;2*4-15H,1-3H3. The molecule has 0 saturated carbocycles. The SMILES string of the molecule is CC(C)(C)c1ccc2c(c1)N(c1ccccc1)c1ccccc1N2c1ccccc1.CC(C)(C)c1cccc(N2c3ccccc3C(C)(C)c3ccccc32)c1.CC(C)(C)c1cccc(N2c3ccccc3Oc3ccccc32)c1.CC(C)(C)c1cccc(N2c3ccccc3Sc3ccccc32)c1. The van der Waals surface area contributed by atoms with Crippen LogP contribution in [0.5, 0.6) is 11.5 Å². The Morgan fingerprint density at radius 1 is 0.231 bits per heavy atom. The topological polar surface area (TPSA) is 25.4 Å². The molecule has 0 spiro atoms. The lowest BCUT2D eigenvalue weighted by Crippen LogP contribution is -2.30. The summed E-state index contributed by atoms with van der Waals surface area (Å²) < 4.78 is 6.09. The molecule has 0 aromatic heterocycles. The van der Waals surface area contributed by atoms with Crippen molar-refractivity contribution in [1.82, 2.24) is 0 Å². The lowest BCUT2D eigenvalue weighted by molar-refractivity contribution is 0.477. The van der Waals surface area contributed by atoms with Gasteiger partial charge in [0.25, 0.3) is 0 Å². The highest BCUT2D eigenvalue weighted by molar-refractivity contribution is 7.99. The molecule has 0 atom stereocenters. The van der Waals surface area contributed by atoms with Gasteiger partial charge in [0.1, 0.15) is 0 Å². The summed E-state index contributed by atoms with van der Waals surface area (Å²) in [5.41, 5.74) is 26.5. The fourth-order valence-corrected chi connectivity index (χ4v) is 15.5. The third-order valence-electron chi connectivity index (χ3n) is 20.1. The molecule has 4 aliphatic heterocycles. The van der Waals surface area contributed by atoms with Crippen LogP contribution in [-0.4, -0.2) is 0 Å².